The zero-order chi connectivity index (χ0) is 12.5. The van der Waals surface area contributed by atoms with Gasteiger partial charge in [-0.05, 0) is 13.0 Å². The van der Waals surface area contributed by atoms with Crippen LogP contribution in [0, 0.1) is 6.92 Å². The van der Waals surface area contributed by atoms with Crippen molar-refractivity contribution in [3.63, 3.8) is 0 Å². The summed E-state index contributed by atoms with van der Waals surface area (Å²) in [6, 6.07) is 1.67. The Hall–Kier alpha value is -0.930. The lowest BCUT2D eigenvalue weighted by Gasteiger charge is -2.25. The van der Waals surface area contributed by atoms with Crippen molar-refractivity contribution in [2.75, 3.05) is 13.7 Å². The summed E-state index contributed by atoms with van der Waals surface area (Å²) in [5, 5.41) is 19.9. The van der Waals surface area contributed by atoms with Crippen LogP contribution in [0.25, 0.3) is 0 Å². The minimum atomic E-state index is -0.561. The molecule has 0 aliphatic heterocycles. The molecule has 0 aliphatic carbocycles. The first-order valence-electron chi connectivity index (χ1n) is 5.02. The molecule has 2 N–H and O–H groups in total. The van der Waals surface area contributed by atoms with Crippen LogP contribution in [-0.4, -0.2) is 23.9 Å². The summed E-state index contributed by atoms with van der Waals surface area (Å²) in [5.41, 5.74) is 0.718. The number of phenols is 1. The number of methoxy groups -OCH3 is 1. The Morgan fingerprint density at radius 3 is 2.44 bits per heavy atom. The number of rotatable bonds is 3. The summed E-state index contributed by atoms with van der Waals surface area (Å²) in [4.78, 5) is 0. The fraction of sp³-hybridized carbons (Fsp3) is 0.500. The number of halogens is 1. The Morgan fingerprint density at radius 1 is 1.44 bits per heavy atom. The Bertz CT molecular complexity index is 400. The van der Waals surface area contributed by atoms with Crippen molar-refractivity contribution in [2.45, 2.75) is 26.2 Å². The van der Waals surface area contributed by atoms with E-state index in [9.17, 15) is 10.2 Å². The van der Waals surface area contributed by atoms with Crippen LogP contribution in [0.4, 0.5) is 0 Å². The molecule has 0 spiro atoms. The van der Waals surface area contributed by atoms with Gasteiger partial charge in [0.25, 0.3) is 0 Å². The highest BCUT2D eigenvalue weighted by Crippen LogP contribution is 2.42. The van der Waals surface area contributed by atoms with E-state index in [1.165, 1.54) is 7.11 Å². The monoisotopic (exact) mass is 244 g/mol. The molecule has 0 saturated carbocycles. The Kier molecular flexibility index (Phi) is 3.71. The van der Waals surface area contributed by atoms with Gasteiger partial charge < -0.3 is 14.9 Å². The fourth-order valence-corrected chi connectivity index (χ4v) is 1.76. The molecule has 3 nitrogen and oxygen atoms in total. The number of hydrogen-bond donors (Lipinski definition) is 2. The average molecular weight is 245 g/mol. The molecule has 1 aromatic rings. The molecule has 0 saturated heterocycles. The lowest BCUT2D eigenvalue weighted by Crippen LogP contribution is -2.22. The fourth-order valence-electron chi connectivity index (χ4n) is 1.56. The van der Waals surface area contributed by atoms with Gasteiger partial charge in [0, 0.05) is 21.6 Å². The van der Waals surface area contributed by atoms with E-state index in [-0.39, 0.29) is 12.4 Å². The summed E-state index contributed by atoms with van der Waals surface area (Å²) in [5.74, 6) is 0.410. The molecule has 1 rings (SSSR count). The number of aliphatic hydroxyl groups excluding tert-OH is 1. The van der Waals surface area contributed by atoms with Crippen molar-refractivity contribution in [1.29, 1.82) is 0 Å². The van der Waals surface area contributed by atoms with Gasteiger partial charge in [-0.1, -0.05) is 25.4 Å². The number of aliphatic hydroxyl groups is 1. The zero-order valence-corrected chi connectivity index (χ0v) is 10.7. The van der Waals surface area contributed by atoms with E-state index in [2.05, 4.69) is 0 Å². The van der Waals surface area contributed by atoms with Gasteiger partial charge in [0.15, 0.2) is 11.5 Å². The molecule has 0 bridgehead atoms. The molecule has 16 heavy (non-hydrogen) atoms. The molecule has 0 aliphatic rings. The highest BCUT2D eigenvalue weighted by molar-refractivity contribution is 6.31. The second kappa shape index (κ2) is 4.52. The third-order valence-electron chi connectivity index (χ3n) is 2.77. The van der Waals surface area contributed by atoms with E-state index in [0.29, 0.717) is 21.9 Å². The second-order valence-corrected chi connectivity index (χ2v) is 4.86. The number of phenolic OH excluding ortho intramolecular Hbond substituents is 1. The molecule has 0 atom stereocenters. The summed E-state index contributed by atoms with van der Waals surface area (Å²) in [7, 11) is 1.48. The standard InChI is InChI=1S/C12H17ClO3/c1-7-9(13)5-8(12(2,3)6-14)10(15)11(7)16-4/h5,14-15H,6H2,1-4H3. The maximum atomic E-state index is 10.1. The smallest absolute Gasteiger partial charge is 0.165 e. The average Bonchev–Trinajstić information content (AvgIpc) is 2.24. The van der Waals surface area contributed by atoms with Crippen LogP contribution < -0.4 is 4.74 Å². The zero-order valence-electron chi connectivity index (χ0n) is 9.97. The van der Waals surface area contributed by atoms with Crippen molar-refractivity contribution in [1.82, 2.24) is 0 Å². The highest BCUT2D eigenvalue weighted by atomic mass is 35.5. The van der Waals surface area contributed by atoms with E-state index in [1.54, 1.807) is 13.0 Å². The highest BCUT2D eigenvalue weighted by Gasteiger charge is 2.27. The molecule has 0 aromatic heterocycles. The molecule has 90 valence electrons. The van der Waals surface area contributed by atoms with Gasteiger partial charge in [0.1, 0.15) is 0 Å². The maximum absolute atomic E-state index is 10.1. The predicted molar refractivity (Wildman–Crippen MR) is 64.5 cm³/mol. The molecule has 1 aromatic carbocycles. The Balaban J connectivity index is 3.49. The van der Waals surface area contributed by atoms with Gasteiger partial charge in [-0.3, -0.25) is 0 Å². The van der Waals surface area contributed by atoms with Gasteiger partial charge in [-0.2, -0.15) is 0 Å². The Morgan fingerprint density at radius 2 is 2.00 bits per heavy atom. The summed E-state index contributed by atoms with van der Waals surface area (Å²) >= 11 is 6.06. The van der Waals surface area contributed by atoms with Crippen LogP contribution in [0.1, 0.15) is 25.0 Å². The van der Waals surface area contributed by atoms with Crippen LogP contribution in [0.2, 0.25) is 5.02 Å². The number of hydrogen-bond acceptors (Lipinski definition) is 3. The van der Waals surface area contributed by atoms with Gasteiger partial charge in [-0.25, -0.2) is 0 Å². The minimum absolute atomic E-state index is 0.0449. The largest absolute Gasteiger partial charge is 0.504 e. The first kappa shape index (κ1) is 13.1. The first-order chi connectivity index (χ1) is 7.35. The van der Waals surface area contributed by atoms with Crippen LogP contribution in [0.3, 0.4) is 0 Å². The van der Waals surface area contributed by atoms with Crippen molar-refractivity contribution in [3.05, 3.63) is 22.2 Å². The van der Waals surface area contributed by atoms with Crippen molar-refractivity contribution in [3.8, 4) is 11.5 Å². The molecule has 4 heteroatoms. The molecular weight excluding hydrogens is 228 g/mol. The van der Waals surface area contributed by atoms with E-state index in [4.69, 9.17) is 16.3 Å². The molecule has 0 amide bonds. The summed E-state index contributed by atoms with van der Waals surface area (Å²) in [6.45, 7) is 5.35. The summed E-state index contributed by atoms with van der Waals surface area (Å²) in [6.07, 6.45) is 0. The van der Waals surface area contributed by atoms with Crippen LogP contribution in [0.5, 0.6) is 11.5 Å². The molecular formula is C12H17ClO3. The van der Waals surface area contributed by atoms with Crippen LogP contribution >= 0.6 is 11.6 Å². The van der Waals surface area contributed by atoms with Crippen LogP contribution in [-0.2, 0) is 5.41 Å². The van der Waals surface area contributed by atoms with Crippen molar-refractivity contribution in [2.24, 2.45) is 0 Å². The third-order valence-corrected chi connectivity index (χ3v) is 3.16. The SMILES string of the molecule is COc1c(C)c(Cl)cc(C(C)(C)CO)c1O. The summed E-state index contributed by atoms with van der Waals surface area (Å²) < 4.78 is 5.12. The third kappa shape index (κ3) is 2.11. The maximum Gasteiger partial charge on any atom is 0.165 e. The van der Waals surface area contributed by atoms with E-state index < -0.39 is 5.41 Å². The Labute approximate surface area is 101 Å². The van der Waals surface area contributed by atoms with Crippen molar-refractivity contribution >= 4 is 11.6 Å². The second-order valence-electron chi connectivity index (χ2n) is 4.45. The lowest BCUT2D eigenvalue weighted by molar-refractivity contribution is 0.214. The number of aromatic hydroxyl groups is 1. The molecule has 0 radical (unpaired) electrons. The van der Waals surface area contributed by atoms with Gasteiger partial charge in [0.05, 0.1) is 13.7 Å². The molecule has 0 fully saturated rings. The van der Waals surface area contributed by atoms with Gasteiger partial charge in [-0.15, -0.1) is 0 Å². The number of benzene rings is 1. The van der Waals surface area contributed by atoms with Crippen molar-refractivity contribution < 1.29 is 14.9 Å². The van der Waals surface area contributed by atoms with E-state index in [0.717, 1.165) is 0 Å². The van der Waals surface area contributed by atoms with Crippen LogP contribution in [0.15, 0.2) is 6.07 Å². The topological polar surface area (TPSA) is 49.7 Å². The quantitative estimate of drug-likeness (QED) is 0.860. The van der Waals surface area contributed by atoms with E-state index >= 15 is 0 Å². The van der Waals surface area contributed by atoms with Gasteiger partial charge in [0.2, 0.25) is 0 Å². The van der Waals surface area contributed by atoms with Gasteiger partial charge >= 0.3 is 0 Å². The normalized spacial score (nSPS) is 11.6. The first-order valence-corrected chi connectivity index (χ1v) is 5.40. The lowest BCUT2D eigenvalue weighted by atomic mass is 9.84. The molecule has 0 unspecified atom stereocenters. The predicted octanol–water partition coefficient (Wildman–Crippen LogP) is 2.63. The number of ether oxygens (including phenoxy) is 1. The minimum Gasteiger partial charge on any atom is -0.504 e. The van der Waals surface area contributed by atoms with E-state index in [1.807, 2.05) is 13.8 Å². The molecule has 0 heterocycles.